The summed E-state index contributed by atoms with van der Waals surface area (Å²) in [5, 5.41) is 8.79. The maximum Gasteiger partial charge on any atom is 0.306 e. The zero-order valence-electron chi connectivity index (χ0n) is 16.4. The van der Waals surface area contributed by atoms with Crippen molar-refractivity contribution in [1.29, 1.82) is 5.26 Å². The number of amides is 1. The van der Waals surface area contributed by atoms with Crippen molar-refractivity contribution in [1.82, 2.24) is 9.80 Å². The van der Waals surface area contributed by atoms with Gasteiger partial charge in [0.25, 0.3) is 5.91 Å². The third kappa shape index (κ3) is 6.44. The van der Waals surface area contributed by atoms with Crippen molar-refractivity contribution in [2.45, 2.75) is 19.4 Å². The Hall–Kier alpha value is -3.17. The summed E-state index contributed by atoms with van der Waals surface area (Å²) in [4.78, 5) is 28.3. The summed E-state index contributed by atoms with van der Waals surface area (Å²) in [6.07, 6.45) is 0.737. The highest BCUT2D eigenvalue weighted by Crippen LogP contribution is 2.09. The van der Waals surface area contributed by atoms with Gasteiger partial charge < -0.3 is 9.64 Å². The number of carbonyl (C=O) groups is 2. The Kier molecular flexibility index (Phi) is 7.37. The van der Waals surface area contributed by atoms with Crippen LogP contribution in [0.1, 0.15) is 23.1 Å². The summed E-state index contributed by atoms with van der Waals surface area (Å²) in [6, 6.07) is 19.4. The molecule has 1 amide bonds. The van der Waals surface area contributed by atoms with Crippen molar-refractivity contribution >= 4 is 11.9 Å². The van der Waals surface area contributed by atoms with Crippen LogP contribution >= 0.6 is 0 Å². The van der Waals surface area contributed by atoms with Crippen molar-refractivity contribution in [2.75, 3.05) is 32.8 Å². The van der Waals surface area contributed by atoms with Crippen molar-refractivity contribution in [3.8, 4) is 6.07 Å². The van der Waals surface area contributed by atoms with Crippen LogP contribution in [-0.2, 0) is 27.3 Å². The van der Waals surface area contributed by atoms with E-state index in [0.717, 1.165) is 25.2 Å². The Bertz CT molecular complexity index is 851. The highest BCUT2D eigenvalue weighted by Gasteiger charge is 2.22. The Morgan fingerprint density at radius 1 is 0.931 bits per heavy atom. The maximum atomic E-state index is 12.3. The van der Waals surface area contributed by atoms with Gasteiger partial charge in [-0.3, -0.25) is 14.5 Å². The molecule has 1 aliphatic heterocycles. The second kappa shape index (κ2) is 10.4. The van der Waals surface area contributed by atoms with E-state index in [1.54, 1.807) is 17.0 Å². The predicted octanol–water partition coefficient (Wildman–Crippen LogP) is 2.38. The third-order valence-electron chi connectivity index (χ3n) is 5.03. The van der Waals surface area contributed by atoms with Gasteiger partial charge in [0.2, 0.25) is 0 Å². The van der Waals surface area contributed by atoms with E-state index in [1.807, 2.05) is 30.3 Å². The SMILES string of the molecule is N#Cc1ccc(CCC(=O)OCC(=O)N2CCN(Cc3ccccc3)CC2)cc1. The zero-order chi connectivity index (χ0) is 20.5. The second-order valence-corrected chi connectivity index (χ2v) is 7.11. The van der Waals surface area contributed by atoms with Gasteiger partial charge in [-0.2, -0.15) is 5.26 Å². The van der Waals surface area contributed by atoms with Gasteiger partial charge in [-0.25, -0.2) is 0 Å². The van der Waals surface area contributed by atoms with Crippen LogP contribution in [0.4, 0.5) is 0 Å². The molecule has 29 heavy (non-hydrogen) atoms. The molecule has 0 aromatic heterocycles. The molecule has 0 atom stereocenters. The summed E-state index contributed by atoms with van der Waals surface area (Å²) in [7, 11) is 0. The molecule has 0 radical (unpaired) electrons. The first-order chi connectivity index (χ1) is 14.1. The van der Waals surface area contributed by atoms with E-state index in [0.29, 0.717) is 25.1 Å². The number of hydrogen-bond acceptors (Lipinski definition) is 5. The second-order valence-electron chi connectivity index (χ2n) is 7.11. The van der Waals surface area contributed by atoms with Crippen molar-refractivity contribution in [3.63, 3.8) is 0 Å². The largest absolute Gasteiger partial charge is 0.456 e. The molecule has 0 bridgehead atoms. The van der Waals surface area contributed by atoms with Crippen LogP contribution in [-0.4, -0.2) is 54.5 Å². The molecule has 0 spiro atoms. The molecule has 0 saturated carbocycles. The fraction of sp³-hybridized carbons (Fsp3) is 0.348. The van der Waals surface area contributed by atoms with Crippen LogP contribution in [0.5, 0.6) is 0 Å². The van der Waals surface area contributed by atoms with Crippen molar-refractivity contribution in [3.05, 3.63) is 71.3 Å². The minimum atomic E-state index is -0.384. The summed E-state index contributed by atoms with van der Waals surface area (Å²) in [6.45, 7) is 3.60. The number of hydrogen-bond donors (Lipinski definition) is 0. The van der Waals surface area contributed by atoms with E-state index in [4.69, 9.17) is 10.00 Å². The molecule has 6 nitrogen and oxygen atoms in total. The molecular weight excluding hydrogens is 366 g/mol. The molecule has 0 unspecified atom stereocenters. The van der Waals surface area contributed by atoms with Gasteiger partial charge in [-0.1, -0.05) is 42.5 Å². The molecule has 3 rings (SSSR count). The number of rotatable bonds is 7. The van der Waals surface area contributed by atoms with Crippen molar-refractivity contribution < 1.29 is 14.3 Å². The molecule has 1 fully saturated rings. The van der Waals surface area contributed by atoms with Gasteiger partial charge in [-0.15, -0.1) is 0 Å². The highest BCUT2D eigenvalue weighted by molar-refractivity contribution is 5.80. The fourth-order valence-electron chi connectivity index (χ4n) is 3.30. The van der Waals surface area contributed by atoms with Gasteiger partial charge in [0.05, 0.1) is 11.6 Å². The zero-order valence-corrected chi connectivity index (χ0v) is 16.4. The number of esters is 1. The van der Waals surface area contributed by atoms with E-state index in [2.05, 4.69) is 23.1 Å². The Morgan fingerprint density at radius 3 is 2.28 bits per heavy atom. The normalized spacial score (nSPS) is 14.2. The molecule has 1 saturated heterocycles. The predicted molar refractivity (Wildman–Crippen MR) is 109 cm³/mol. The molecule has 1 aliphatic rings. The van der Waals surface area contributed by atoms with E-state index < -0.39 is 0 Å². The van der Waals surface area contributed by atoms with Gasteiger partial charge >= 0.3 is 5.97 Å². The minimum absolute atomic E-state index is 0.143. The van der Waals surface area contributed by atoms with E-state index in [1.165, 1.54) is 5.56 Å². The number of aryl methyl sites for hydroxylation is 1. The molecule has 0 N–H and O–H groups in total. The Morgan fingerprint density at radius 2 is 1.62 bits per heavy atom. The number of ether oxygens (including phenoxy) is 1. The number of piperazine rings is 1. The monoisotopic (exact) mass is 391 g/mol. The van der Waals surface area contributed by atoms with E-state index in [9.17, 15) is 9.59 Å². The maximum absolute atomic E-state index is 12.3. The lowest BCUT2D eigenvalue weighted by Gasteiger charge is -2.34. The number of benzene rings is 2. The van der Waals surface area contributed by atoms with Gasteiger partial charge in [0.1, 0.15) is 0 Å². The van der Waals surface area contributed by atoms with Crippen LogP contribution < -0.4 is 0 Å². The van der Waals surface area contributed by atoms with E-state index in [-0.39, 0.29) is 24.9 Å². The molecule has 1 heterocycles. The molecule has 6 heteroatoms. The lowest BCUT2D eigenvalue weighted by Crippen LogP contribution is -2.49. The van der Waals surface area contributed by atoms with Crippen LogP contribution in [0.25, 0.3) is 0 Å². The number of nitrogens with zero attached hydrogens (tertiary/aromatic N) is 3. The van der Waals surface area contributed by atoms with Gasteiger partial charge in [0.15, 0.2) is 6.61 Å². The summed E-state index contributed by atoms with van der Waals surface area (Å²) < 4.78 is 5.15. The van der Waals surface area contributed by atoms with Crippen LogP contribution in [0, 0.1) is 11.3 Å². The number of nitriles is 1. The third-order valence-corrected chi connectivity index (χ3v) is 5.03. The lowest BCUT2D eigenvalue weighted by atomic mass is 10.1. The van der Waals surface area contributed by atoms with Gasteiger partial charge in [0, 0.05) is 39.1 Å². The standard InChI is InChI=1S/C23H25N3O3/c24-16-20-8-6-19(7-9-20)10-11-23(28)29-18-22(27)26-14-12-25(13-15-26)17-21-4-2-1-3-5-21/h1-9H,10-15,17-18H2. The van der Waals surface area contributed by atoms with Crippen LogP contribution in [0.3, 0.4) is 0 Å². The topological polar surface area (TPSA) is 73.6 Å². The molecule has 0 aliphatic carbocycles. The van der Waals surface area contributed by atoms with Crippen LogP contribution in [0.2, 0.25) is 0 Å². The fourth-order valence-corrected chi connectivity index (χ4v) is 3.30. The van der Waals surface area contributed by atoms with Crippen LogP contribution in [0.15, 0.2) is 54.6 Å². The summed E-state index contributed by atoms with van der Waals surface area (Å²) in [5.41, 5.74) is 2.82. The van der Waals surface area contributed by atoms with Gasteiger partial charge in [-0.05, 0) is 29.7 Å². The molecule has 2 aromatic carbocycles. The molecular formula is C23H25N3O3. The molecule has 150 valence electrons. The highest BCUT2D eigenvalue weighted by atomic mass is 16.5. The average Bonchev–Trinajstić information content (AvgIpc) is 2.77. The first kappa shape index (κ1) is 20.6. The minimum Gasteiger partial charge on any atom is -0.456 e. The Labute approximate surface area is 171 Å². The lowest BCUT2D eigenvalue weighted by molar-refractivity contribution is -0.152. The molecule has 2 aromatic rings. The van der Waals surface area contributed by atoms with E-state index >= 15 is 0 Å². The van der Waals surface area contributed by atoms with Crippen molar-refractivity contribution in [2.24, 2.45) is 0 Å². The number of carbonyl (C=O) groups excluding carboxylic acids is 2. The summed E-state index contributed by atoms with van der Waals surface area (Å²) >= 11 is 0. The first-order valence-corrected chi connectivity index (χ1v) is 9.83. The first-order valence-electron chi connectivity index (χ1n) is 9.83. The average molecular weight is 391 g/mol. The quantitative estimate of drug-likeness (QED) is 0.678. The Balaban J connectivity index is 1.34. The smallest absolute Gasteiger partial charge is 0.306 e. The summed E-state index contributed by atoms with van der Waals surface area (Å²) in [5.74, 6) is -0.526.